The quantitative estimate of drug-likeness (QED) is 0.0921. The number of nitrogens with one attached hydrogen (secondary N) is 6. The summed E-state index contributed by atoms with van der Waals surface area (Å²) in [4.78, 5) is 57.3. The van der Waals surface area contributed by atoms with Crippen LogP contribution in [0.2, 0.25) is 0 Å². The van der Waals surface area contributed by atoms with Crippen LogP contribution in [-0.2, 0) is 0 Å². The number of carbonyl (C=O) groups is 4. The standard InChI is InChI=1S/C36H43FN6O7/c1-7-39-33(44)27-19-28(49-21(3)23-13-15-24(48-6)16-14-23)30(42-27)36(47)41-18-10-17-40-35(46)29-20(2)32(31(43-29)34(45)38-5)50-22(4)25-11-8-9-12-26(25)37/h8-9,11-16,19,21-22,42-43H,7,10,17-18H2,1-6H3,(H,38,45)(H,39,44)(H,40,46)(H,41,47). The van der Waals surface area contributed by atoms with Gasteiger partial charge in [0.05, 0.1) is 7.11 Å². The van der Waals surface area contributed by atoms with E-state index in [2.05, 4.69) is 31.2 Å². The monoisotopic (exact) mass is 690 g/mol. The molecule has 2 unspecified atom stereocenters. The maximum absolute atomic E-state index is 14.4. The molecule has 0 bridgehead atoms. The summed E-state index contributed by atoms with van der Waals surface area (Å²) < 4.78 is 31.7. The molecule has 4 amide bonds. The zero-order valence-corrected chi connectivity index (χ0v) is 28.9. The molecule has 13 nitrogen and oxygen atoms in total. The highest BCUT2D eigenvalue weighted by atomic mass is 19.1. The molecule has 0 aliphatic rings. The fraction of sp³-hybridized carbons (Fsp3) is 0.333. The van der Waals surface area contributed by atoms with E-state index >= 15 is 0 Å². The first-order valence-corrected chi connectivity index (χ1v) is 16.2. The Morgan fingerprint density at radius 2 is 1.46 bits per heavy atom. The average molecular weight is 691 g/mol. The van der Waals surface area contributed by atoms with Gasteiger partial charge in [-0.05, 0) is 57.9 Å². The van der Waals surface area contributed by atoms with Crippen LogP contribution >= 0.6 is 0 Å². The fourth-order valence-corrected chi connectivity index (χ4v) is 5.16. The van der Waals surface area contributed by atoms with Crippen LogP contribution in [0.5, 0.6) is 17.2 Å². The fourth-order valence-electron chi connectivity index (χ4n) is 5.16. The molecular formula is C36H43FN6O7. The summed E-state index contributed by atoms with van der Waals surface area (Å²) in [6, 6.07) is 15.0. The molecule has 0 spiro atoms. The highest BCUT2D eigenvalue weighted by Crippen LogP contribution is 2.32. The van der Waals surface area contributed by atoms with Crippen molar-refractivity contribution in [1.82, 2.24) is 31.2 Å². The van der Waals surface area contributed by atoms with Gasteiger partial charge in [-0.1, -0.05) is 30.3 Å². The van der Waals surface area contributed by atoms with Gasteiger partial charge in [-0.2, -0.15) is 0 Å². The topological polar surface area (TPSA) is 176 Å². The summed E-state index contributed by atoms with van der Waals surface area (Å²) in [7, 11) is 3.02. The molecule has 2 aromatic carbocycles. The molecule has 0 aliphatic heterocycles. The second kappa shape index (κ2) is 17.0. The third kappa shape index (κ3) is 8.81. The molecule has 4 rings (SSSR count). The number of amides is 4. The molecule has 0 saturated carbocycles. The zero-order chi connectivity index (χ0) is 36.4. The normalized spacial score (nSPS) is 12.0. The molecular weight excluding hydrogens is 647 g/mol. The van der Waals surface area contributed by atoms with Crippen LogP contribution < -0.4 is 35.5 Å². The molecule has 0 aliphatic carbocycles. The van der Waals surface area contributed by atoms with Crippen molar-refractivity contribution in [2.24, 2.45) is 0 Å². The minimum Gasteiger partial charge on any atom is -0.497 e. The van der Waals surface area contributed by atoms with Crippen LogP contribution in [0.15, 0.2) is 54.6 Å². The van der Waals surface area contributed by atoms with Gasteiger partial charge in [0.1, 0.15) is 46.6 Å². The summed E-state index contributed by atoms with van der Waals surface area (Å²) in [5, 5.41) is 10.8. The van der Waals surface area contributed by atoms with E-state index in [9.17, 15) is 23.6 Å². The number of aromatic amines is 2. The van der Waals surface area contributed by atoms with Crippen LogP contribution in [0, 0.1) is 12.7 Å². The number of benzene rings is 2. The number of ether oxygens (including phenoxy) is 3. The molecule has 0 radical (unpaired) electrons. The van der Waals surface area contributed by atoms with Gasteiger partial charge in [-0.15, -0.1) is 0 Å². The van der Waals surface area contributed by atoms with Gasteiger partial charge < -0.3 is 45.4 Å². The van der Waals surface area contributed by atoms with Crippen LogP contribution in [0.1, 0.15) is 98.0 Å². The Balaban J connectivity index is 1.38. The highest BCUT2D eigenvalue weighted by Gasteiger charge is 2.27. The molecule has 266 valence electrons. The summed E-state index contributed by atoms with van der Waals surface area (Å²) in [6.45, 7) is 7.66. The van der Waals surface area contributed by atoms with Gasteiger partial charge in [0.2, 0.25) is 0 Å². The summed E-state index contributed by atoms with van der Waals surface area (Å²) in [6.07, 6.45) is -0.841. The number of halogens is 1. The van der Waals surface area contributed by atoms with Gasteiger partial charge in [0.15, 0.2) is 11.5 Å². The minimum atomic E-state index is -0.748. The molecule has 2 heterocycles. The molecule has 2 atom stereocenters. The van der Waals surface area contributed by atoms with E-state index in [1.807, 2.05) is 19.1 Å². The largest absolute Gasteiger partial charge is 0.497 e. The van der Waals surface area contributed by atoms with Gasteiger partial charge in [0.25, 0.3) is 23.6 Å². The number of carbonyl (C=O) groups excluding carboxylic acids is 4. The minimum absolute atomic E-state index is 0.0304. The van der Waals surface area contributed by atoms with Crippen LogP contribution in [0.3, 0.4) is 0 Å². The van der Waals surface area contributed by atoms with E-state index < -0.39 is 35.7 Å². The van der Waals surface area contributed by atoms with Gasteiger partial charge in [-0.25, -0.2) is 4.39 Å². The molecule has 6 N–H and O–H groups in total. The van der Waals surface area contributed by atoms with Crippen molar-refractivity contribution in [1.29, 1.82) is 0 Å². The molecule has 14 heteroatoms. The third-order valence-electron chi connectivity index (χ3n) is 7.92. The molecule has 0 fully saturated rings. The Morgan fingerprint density at radius 3 is 2.08 bits per heavy atom. The first-order chi connectivity index (χ1) is 24.0. The third-order valence-corrected chi connectivity index (χ3v) is 7.92. The number of hydrogen-bond donors (Lipinski definition) is 6. The number of rotatable bonds is 16. The summed E-state index contributed by atoms with van der Waals surface area (Å²) >= 11 is 0. The van der Waals surface area contributed by atoms with Crippen molar-refractivity contribution in [3.63, 3.8) is 0 Å². The predicted molar refractivity (Wildman–Crippen MR) is 184 cm³/mol. The Hall–Kier alpha value is -5.79. The number of aromatic nitrogens is 2. The number of hydrogen-bond acceptors (Lipinski definition) is 7. The SMILES string of the molecule is CCNC(=O)c1cc(OC(C)c2ccc(OC)cc2)c(C(=O)NCCCNC(=O)c2[nH]c(C(=O)NC)c(OC(C)c3ccccc3F)c2C)[nH]1. The van der Waals surface area contributed by atoms with Gasteiger partial charge in [0, 0.05) is 43.9 Å². The lowest BCUT2D eigenvalue weighted by molar-refractivity contribution is 0.0935. The second-order valence-electron chi connectivity index (χ2n) is 11.4. The Morgan fingerprint density at radius 1 is 0.800 bits per heavy atom. The lowest BCUT2D eigenvalue weighted by Crippen LogP contribution is -2.31. The van der Waals surface area contributed by atoms with Crippen molar-refractivity contribution in [3.05, 3.63) is 99.9 Å². The maximum atomic E-state index is 14.4. The summed E-state index contributed by atoms with van der Waals surface area (Å²) in [5.74, 6) is -1.30. The first kappa shape index (κ1) is 37.0. The number of H-pyrrole nitrogens is 2. The van der Waals surface area contributed by atoms with E-state index in [0.717, 1.165) is 5.56 Å². The van der Waals surface area contributed by atoms with Crippen molar-refractivity contribution < 1.29 is 37.8 Å². The lowest BCUT2D eigenvalue weighted by atomic mass is 10.1. The predicted octanol–water partition coefficient (Wildman–Crippen LogP) is 4.74. The Labute approximate surface area is 289 Å². The van der Waals surface area contributed by atoms with E-state index in [1.165, 1.54) is 19.2 Å². The van der Waals surface area contributed by atoms with Crippen LogP contribution in [0.25, 0.3) is 0 Å². The van der Waals surface area contributed by atoms with Crippen LogP contribution in [0.4, 0.5) is 4.39 Å². The maximum Gasteiger partial charge on any atom is 0.271 e. The van der Waals surface area contributed by atoms with Crippen molar-refractivity contribution in [2.75, 3.05) is 33.8 Å². The Bertz CT molecular complexity index is 1820. The van der Waals surface area contributed by atoms with Crippen molar-refractivity contribution in [3.8, 4) is 17.2 Å². The van der Waals surface area contributed by atoms with Crippen molar-refractivity contribution >= 4 is 23.6 Å². The van der Waals surface area contributed by atoms with Gasteiger partial charge >= 0.3 is 0 Å². The molecule has 4 aromatic rings. The second-order valence-corrected chi connectivity index (χ2v) is 11.4. The van der Waals surface area contributed by atoms with E-state index in [-0.39, 0.29) is 53.3 Å². The molecule has 2 aromatic heterocycles. The van der Waals surface area contributed by atoms with Crippen LogP contribution in [-0.4, -0.2) is 67.4 Å². The molecule has 0 saturated heterocycles. The van der Waals surface area contributed by atoms with E-state index in [0.29, 0.717) is 29.8 Å². The Kier molecular flexibility index (Phi) is 12.6. The lowest BCUT2D eigenvalue weighted by Gasteiger charge is -2.17. The molecule has 50 heavy (non-hydrogen) atoms. The van der Waals surface area contributed by atoms with E-state index in [1.54, 1.807) is 58.2 Å². The summed E-state index contributed by atoms with van der Waals surface area (Å²) in [5.41, 5.74) is 1.91. The average Bonchev–Trinajstić information content (AvgIpc) is 3.68. The first-order valence-electron chi connectivity index (χ1n) is 16.2. The number of methoxy groups -OCH3 is 1. The van der Waals surface area contributed by atoms with E-state index in [4.69, 9.17) is 14.2 Å². The highest BCUT2D eigenvalue weighted by molar-refractivity contribution is 6.01. The smallest absolute Gasteiger partial charge is 0.271 e. The zero-order valence-electron chi connectivity index (χ0n) is 28.9. The van der Waals surface area contributed by atoms with Gasteiger partial charge in [-0.3, -0.25) is 19.2 Å². The van der Waals surface area contributed by atoms with Crippen molar-refractivity contribution in [2.45, 2.75) is 46.3 Å².